The van der Waals surface area contributed by atoms with Crippen LogP contribution in [0.25, 0.3) is 6.08 Å². The fourth-order valence-corrected chi connectivity index (χ4v) is 2.85. The molecule has 150 valence electrons. The van der Waals surface area contributed by atoms with Gasteiger partial charge in [-0.3, -0.25) is 14.9 Å². The number of anilines is 1. The lowest BCUT2D eigenvalue weighted by atomic mass is 10.1. The molecule has 0 unspecified atom stereocenters. The van der Waals surface area contributed by atoms with Gasteiger partial charge in [0.15, 0.2) is 0 Å². The molecule has 1 aliphatic rings. The number of barbiturate groups is 1. The van der Waals surface area contributed by atoms with Crippen LogP contribution in [0.3, 0.4) is 0 Å². The Hall–Kier alpha value is -3.41. The fraction of sp³-hybridized carbons (Fsp3) is 0.261. The summed E-state index contributed by atoms with van der Waals surface area (Å²) in [4.78, 5) is 38.5. The molecule has 0 radical (unpaired) electrons. The van der Waals surface area contributed by atoms with Crippen LogP contribution in [-0.2, 0) is 9.59 Å². The third-order valence-electron chi connectivity index (χ3n) is 4.62. The maximum atomic E-state index is 12.9. The Labute approximate surface area is 170 Å². The van der Waals surface area contributed by atoms with Crippen molar-refractivity contribution < 1.29 is 19.1 Å². The van der Waals surface area contributed by atoms with Crippen molar-refractivity contribution in [2.45, 2.75) is 27.7 Å². The lowest BCUT2D eigenvalue weighted by molar-refractivity contribution is -0.122. The highest BCUT2D eigenvalue weighted by Crippen LogP contribution is 2.24. The predicted molar refractivity (Wildman–Crippen MR) is 112 cm³/mol. The van der Waals surface area contributed by atoms with Crippen LogP contribution in [0.1, 0.15) is 30.5 Å². The molecule has 6 nitrogen and oxygen atoms in total. The van der Waals surface area contributed by atoms with E-state index < -0.39 is 17.8 Å². The van der Waals surface area contributed by atoms with E-state index in [4.69, 9.17) is 4.74 Å². The summed E-state index contributed by atoms with van der Waals surface area (Å²) in [6, 6.07) is 11.6. The molecule has 3 rings (SSSR count). The van der Waals surface area contributed by atoms with Gasteiger partial charge >= 0.3 is 6.03 Å². The van der Waals surface area contributed by atoms with Gasteiger partial charge in [0.05, 0.1) is 12.3 Å². The predicted octanol–water partition coefficient (Wildman–Crippen LogP) is 4.00. The summed E-state index contributed by atoms with van der Waals surface area (Å²) >= 11 is 0. The van der Waals surface area contributed by atoms with E-state index in [0.29, 0.717) is 29.5 Å². The molecular weight excluding hydrogens is 368 g/mol. The molecule has 0 bridgehead atoms. The van der Waals surface area contributed by atoms with Crippen molar-refractivity contribution in [1.82, 2.24) is 5.32 Å². The number of ether oxygens (including phenoxy) is 1. The van der Waals surface area contributed by atoms with E-state index in [1.54, 1.807) is 36.4 Å². The van der Waals surface area contributed by atoms with Gasteiger partial charge in [0.2, 0.25) is 0 Å². The van der Waals surface area contributed by atoms with Crippen LogP contribution in [0.15, 0.2) is 48.0 Å². The summed E-state index contributed by atoms with van der Waals surface area (Å²) in [7, 11) is 0. The minimum atomic E-state index is -0.752. The maximum absolute atomic E-state index is 12.9. The zero-order chi connectivity index (χ0) is 21.1. The number of hydrogen-bond donors (Lipinski definition) is 1. The van der Waals surface area contributed by atoms with Crippen LogP contribution in [0.5, 0.6) is 5.75 Å². The van der Waals surface area contributed by atoms with Crippen molar-refractivity contribution in [3.63, 3.8) is 0 Å². The third kappa shape index (κ3) is 4.54. The van der Waals surface area contributed by atoms with Gasteiger partial charge in [-0.05, 0) is 66.8 Å². The lowest BCUT2D eigenvalue weighted by Gasteiger charge is -2.26. The van der Waals surface area contributed by atoms with Crippen LogP contribution in [0.4, 0.5) is 10.5 Å². The molecule has 0 aliphatic carbocycles. The Balaban J connectivity index is 1.88. The van der Waals surface area contributed by atoms with Crippen molar-refractivity contribution in [2.75, 3.05) is 11.5 Å². The first-order valence-electron chi connectivity index (χ1n) is 9.48. The Morgan fingerprint density at radius 2 is 1.69 bits per heavy atom. The largest absolute Gasteiger partial charge is 0.493 e. The second kappa shape index (κ2) is 8.31. The first-order chi connectivity index (χ1) is 13.8. The van der Waals surface area contributed by atoms with Gasteiger partial charge in [0, 0.05) is 0 Å². The lowest BCUT2D eigenvalue weighted by Crippen LogP contribution is -2.54. The van der Waals surface area contributed by atoms with E-state index in [1.165, 1.54) is 6.08 Å². The van der Waals surface area contributed by atoms with Crippen LogP contribution in [0.2, 0.25) is 0 Å². The highest BCUT2D eigenvalue weighted by molar-refractivity contribution is 6.39. The number of benzene rings is 2. The molecule has 2 aromatic carbocycles. The number of nitrogens with one attached hydrogen (secondary N) is 1. The Kier molecular flexibility index (Phi) is 5.82. The number of aryl methyl sites for hydroxylation is 2. The summed E-state index contributed by atoms with van der Waals surface area (Å²) in [5.74, 6) is -0.233. The number of hydrogen-bond acceptors (Lipinski definition) is 4. The van der Waals surface area contributed by atoms with Crippen molar-refractivity contribution >= 4 is 29.6 Å². The van der Waals surface area contributed by atoms with Crippen LogP contribution in [-0.4, -0.2) is 24.5 Å². The first-order valence-corrected chi connectivity index (χ1v) is 9.48. The van der Waals surface area contributed by atoms with Gasteiger partial charge in [-0.1, -0.05) is 32.0 Å². The third-order valence-corrected chi connectivity index (χ3v) is 4.62. The molecule has 2 aromatic rings. The van der Waals surface area contributed by atoms with Crippen LogP contribution in [0, 0.1) is 19.8 Å². The summed E-state index contributed by atoms with van der Waals surface area (Å²) in [5, 5.41) is 2.24. The van der Waals surface area contributed by atoms with Gasteiger partial charge in [0.25, 0.3) is 11.8 Å². The number of urea groups is 1. The zero-order valence-electron chi connectivity index (χ0n) is 17.0. The van der Waals surface area contributed by atoms with E-state index in [1.807, 2.05) is 19.9 Å². The van der Waals surface area contributed by atoms with E-state index in [0.717, 1.165) is 16.0 Å². The average Bonchev–Trinajstić information content (AvgIpc) is 2.67. The molecule has 1 aliphatic heterocycles. The molecule has 0 aromatic heterocycles. The number of amides is 4. The van der Waals surface area contributed by atoms with Crippen molar-refractivity contribution in [1.29, 1.82) is 0 Å². The van der Waals surface area contributed by atoms with Gasteiger partial charge < -0.3 is 4.74 Å². The fourth-order valence-electron chi connectivity index (χ4n) is 2.85. The van der Waals surface area contributed by atoms with E-state index in [2.05, 4.69) is 19.2 Å². The normalized spacial score (nSPS) is 15.8. The summed E-state index contributed by atoms with van der Waals surface area (Å²) in [5.41, 5.74) is 2.98. The minimum absolute atomic E-state index is 0.0984. The van der Waals surface area contributed by atoms with Crippen molar-refractivity contribution in [3.05, 3.63) is 64.7 Å². The average molecular weight is 392 g/mol. The summed E-state index contributed by atoms with van der Waals surface area (Å²) < 4.78 is 5.64. The first kappa shape index (κ1) is 20.3. The molecule has 1 N–H and O–H groups in total. The quantitative estimate of drug-likeness (QED) is 0.616. The molecule has 29 heavy (non-hydrogen) atoms. The minimum Gasteiger partial charge on any atom is -0.493 e. The molecule has 1 heterocycles. The molecule has 1 saturated heterocycles. The molecule has 0 atom stereocenters. The molecule has 1 fully saturated rings. The Morgan fingerprint density at radius 3 is 2.31 bits per heavy atom. The van der Waals surface area contributed by atoms with Crippen molar-refractivity contribution in [2.24, 2.45) is 5.92 Å². The van der Waals surface area contributed by atoms with Crippen LogP contribution < -0.4 is 15.0 Å². The van der Waals surface area contributed by atoms with Crippen LogP contribution >= 0.6 is 0 Å². The zero-order valence-corrected chi connectivity index (χ0v) is 17.0. The summed E-state index contributed by atoms with van der Waals surface area (Å²) in [6.07, 6.45) is 1.48. The maximum Gasteiger partial charge on any atom is 0.335 e. The van der Waals surface area contributed by atoms with Gasteiger partial charge in [0.1, 0.15) is 11.3 Å². The molecule has 0 spiro atoms. The standard InChI is InChI=1S/C23H24N2O4/c1-14(2)13-29-19-9-6-17(7-10-19)12-20-21(26)24-23(28)25(22(20)27)18-8-5-15(3)16(4)11-18/h5-12,14H,13H2,1-4H3,(H,24,26,28). The number of carbonyl (C=O) groups excluding carboxylic acids is 3. The topological polar surface area (TPSA) is 75.7 Å². The monoisotopic (exact) mass is 392 g/mol. The van der Waals surface area contributed by atoms with Gasteiger partial charge in [-0.25, -0.2) is 9.69 Å². The second-order valence-corrected chi connectivity index (χ2v) is 7.50. The van der Waals surface area contributed by atoms with Gasteiger partial charge in [-0.15, -0.1) is 0 Å². The molecule has 0 saturated carbocycles. The molecule has 4 amide bonds. The highest BCUT2D eigenvalue weighted by atomic mass is 16.5. The highest BCUT2D eigenvalue weighted by Gasteiger charge is 2.36. The number of nitrogens with zero attached hydrogens (tertiary/aromatic N) is 1. The number of rotatable bonds is 5. The van der Waals surface area contributed by atoms with Gasteiger partial charge in [-0.2, -0.15) is 0 Å². The molecule has 6 heteroatoms. The number of carbonyl (C=O) groups is 3. The Bertz CT molecular complexity index is 990. The Morgan fingerprint density at radius 1 is 1.00 bits per heavy atom. The SMILES string of the molecule is Cc1ccc(N2C(=O)NC(=O)C(=Cc3ccc(OCC(C)C)cc3)C2=O)cc1C. The van der Waals surface area contributed by atoms with E-state index in [9.17, 15) is 14.4 Å². The summed E-state index contributed by atoms with van der Waals surface area (Å²) in [6.45, 7) is 8.58. The van der Waals surface area contributed by atoms with E-state index in [-0.39, 0.29) is 5.57 Å². The number of imide groups is 2. The smallest absolute Gasteiger partial charge is 0.335 e. The van der Waals surface area contributed by atoms with Crippen molar-refractivity contribution in [3.8, 4) is 5.75 Å². The molecular formula is C23H24N2O4. The van der Waals surface area contributed by atoms with E-state index >= 15 is 0 Å². The second-order valence-electron chi connectivity index (χ2n) is 7.50.